The number of carbonyl (C=O) groups is 2. The standard InChI is InChI=1S/C21H20N4O3/c1-13-8-9-18(28-2)16(10-13)23-19(26)11-17-21(27)24-20-15(12-22-25(17)20)14-6-4-3-5-7-14/h3-10,12,17H,11H2,1-2H3,(H,23,26)(H,24,27). The Labute approximate surface area is 162 Å². The number of nitrogens with one attached hydrogen (secondary N) is 2. The predicted molar refractivity (Wildman–Crippen MR) is 106 cm³/mol. The van der Waals surface area contributed by atoms with Gasteiger partial charge in [0.1, 0.15) is 17.6 Å². The lowest BCUT2D eigenvalue weighted by Gasteiger charge is -2.13. The van der Waals surface area contributed by atoms with Crippen LogP contribution in [0.3, 0.4) is 0 Å². The second kappa shape index (κ2) is 7.19. The SMILES string of the molecule is COc1ccc(C)cc1NC(=O)CC1C(=O)Nc2c(-c3ccccc3)cnn21. The van der Waals surface area contributed by atoms with Gasteiger partial charge in [-0.1, -0.05) is 36.4 Å². The molecular weight excluding hydrogens is 356 g/mol. The molecule has 142 valence electrons. The van der Waals surface area contributed by atoms with Crippen LogP contribution in [0, 0.1) is 6.92 Å². The van der Waals surface area contributed by atoms with Gasteiger partial charge >= 0.3 is 0 Å². The number of hydrogen-bond donors (Lipinski definition) is 2. The van der Waals surface area contributed by atoms with Gasteiger partial charge in [-0.05, 0) is 30.2 Å². The Hall–Kier alpha value is -3.61. The summed E-state index contributed by atoms with van der Waals surface area (Å²) in [5, 5.41) is 10.0. The lowest BCUT2D eigenvalue weighted by molar-refractivity contribution is -0.123. The van der Waals surface area contributed by atoms with Gasteiger partial charge in [0.25, 0.3) is 5.91 Å². The smallest absolute Gasteiger partial charge is 0.251 e. The first kappa shape index (κ1) is 17.8. The molecule has 0 saturated heterocycles. The van der Waals surface area contributed by atoms with Crippen LogP contribution in [-0.4, -0.2) is 28.7 Å². The number of rotatable bonds is 5. The zero-order valence-corrected chi connectivity index (χ0v) is 15.6. The highest BCUT2D eigenvalue weighted by Crippen LogP contribution is 2.35. The summed E-state index contributed by atoms with van der Waals surface area (Å²) in [5.74, 6) is 0.656. The van der Waals surface area contributed by atoms with Crippen molar-refractivity contribution in [2.45, 2.75) is 19.4 Å². The third-order valence-electron chi connectivity index (χ3n) is 4.73. The van der Waals surface area contributed by atoms with Gasteiger partial charge in [-0.15, -0.1) is 0 Å². The molecule has 0 fully saturated rings. The van der Waals surface area contributed by atoms with E-state index in [1.165, 1.54) is 0 Å². The number of aryl methyl sites for hydroxylation is 1. The minimum absolute atomic E-state index is 0.0220. The fourth-order valence-electron chi connectivity index (χ4n) is 3.34. The molecule has 7 heteroatoms. The fraction of sp³-hybridized carbons (Fsp3) is 0.190. The Morgan fingerprint density at radius 3 is 2.79 bits per heavy atom. The van der Waals surface area contributed by atoms with Crippen LogP contribution < -0.4 is 15.4 Å². The Morgan fingerprint density at radius 2 is 2.04 bits per heavy atom. The molecule has 0 bridgehead atoms. The first-order valence-electron chi connectivity index (χ1n) is 8.95. The number of amides is 2. The molecule has 28 heavy (non-hydrogen) atoms. The molecule has 2 aromatic carbocycles. The Bertz CT molecular complexity index is 1040. The van der Waals surface area contributed by atoms with Crippen molar-refractivity contribution in [3.8, 4) is 16.9 Å². The molecule has 1 aromatic heterocycles. The number of nitrogens with zero attached hydrogens (tertiary/aromatic N) is 2. The summed E-state index contributed by atoms with van der Waals surface area (Å²) in [6.45, 7) is 1.93. The summed E-state index contributed by atoms with van der Waals surface area (Å²) in [5.41, 5.74) is 3.36. The Balaban J connectivity index is 1.54. The van der Waals surface area contributed by atoms with Crippen LogP contribution in [0.25, 0.3) is 11.1 Å². The summed E-state index contributed by atoms with van der Waals surface area (Å²) in [6, 6.07) is 14.5. The molecule has 0 aliphatic carbocycles. The third kappa shape index (κ3) is 3.22. The number of methoxy groups -OCH3 is 1. The molecule has 2 amide bonds. The average molecular weight is 376 g/mol. The van der Waals surface area contributed by atoms with Crippen LogP contribution in [0.4, 0.5) is 11.5 Å². The van der Waals surface area contributed by atoms with Crippen molar-refractivity contribution in [3.63, 3.8) is 0 Å². The number of fused-ring (bicyclic) bond motifs is 1. The van der Waals surface area contributed by atoms with Gasteiger partial charge in [0.15, 0.2) is 0 Å². The van der Waals surface area contributed by atoms with Crippen LogP contribution in [0.5, 0.6) is 5.75 Å². The topological polar surface area (TPSA) is 85.2 Å². The summed E-state index contributed by atoms with van der Waals surface area (Å²) >= 11 is 0. The average Bonchev–Trinajstić information content (AvgIpc) is 3.22. The monoisotopic (exact) mass is 376 g/mol. The van der Waals surface area contributed by atoms with E-state index in [4.69, 9.17) is 4.74 Å². The molecule has 1 atom stereocenters. The van der Waals surface area contributed by atoms with Crippen LogP contribution in [0.15, 0.2) is 54.7 Å². The third-order valence-corrected chi connectivity index (χ3v) is 4.73. The van der Waals surface area contributed by atoms with Gasteiger partial charge in [0.05, 0.1) is 25.4 Å². The Morgan fingerprint density at radius 1 is 1.25 bits per heavy atom. The van der Waals surface area contributed by atoms with Crippen molar-refractivity contribution in [1.29, 1.82) is 0 Å². The van der Waals surface area contributed by atoms with E-state index in [9.17, 15) is 9.59 Å². The van der Waals surface area contributed by atoms with Crippen LogP contribution >= 0.6 is 0 Å². The molecule has 1 unspecified atom stereocenters. The molecule has 2 heterocycles. The van der Waals surface area contributed by atoms with E-state index < -0.39 is 6.04 Å². The van der Waals surface area contributed by atoms with Crippen LogP contribution in [-0.2, 0) is 9.59 Å². The largest absolute Gasteiger partial charge is 0.495 e. The second-order valence-corrected chi connectivity index (χ2v) is 6.68. The summed E-state index contributed by atoms with van der Waals surface area (Å²) in [4.78, 5) is 25.1. The molecule has 1 aliphatic rings. The highest BCUT2D eigenvalue weighted by atomic mass is 16.5. The molecule has 4 rings (SSSR count). The van der Waals surface area contributed by atoms with Crippen molar-refractivity contribution in [2.75, 3.05) is 17.7 Å². The van der Waals surface area contributed by atoms with E-state index in [2.05, 4.69) is 15.7 Å². The first-order valence-corrected chi connectivity index (χ1v) is 8.95. The van der Waals surface area contributed by atoms with Gasteiger partial charge in [0.2, 0.25) is 5.91 Å². The number of benzene rings is 2. The molecular formula is C21H20N4O3. The van der Waals surface area contributed by atoms with Crippen molar-refractivity contribution in [1.82, 2.24) is 9.78 Å². The van der Waals surface area contributed by atoms with E-state index in [-0.39, 0.29) is 18.2 Å². The number of ether oxygens (including phenoxy) is 1. The molecule has 3 aromatic rings. The van der Waals surface area contributed by atoms with Crippen LogP contribution in [0.1, 0.15) is 18.0 Å². The summed E-state index contributed by atoms with van der Waals surface area (Å²) in [7, 11) is 1.55. The van der Waals surface area contributed by atoms with Crippen molar-refractivity contribution >= 4 is 23.3 Å². The maximum absolute atomic E-state index is 12.6. The van der Waals surface area contributed by atoms with Gasteiger partial charge < -0.3 is 15.4 Å². The highest BCUT2D eigenvalue weighted by molar-refractivity contribution is 6.04. The number of carbonyl (C=O) groups excluding carboxylic acids is 2. The molecule has 7 nitrogen and oxygen atoms in total. The zero-order valence-electron chi connectivity index (χ0n) is 15.6. The summed E-state index contributed by atoms with van der Waals surface area (Å²) in [6.07, 6.45) is 1.68. The minimum atomic E-state index is -0.691. The number of aromatic nitrogens is 2. The van der Waals surface area contributed by atoms with E-state index in [0.717, 1.165) is 16.7 Å². The second-order valence-electron chi connectivity index (χ2n) is 6.68. The Kier molecular flexibility index (Phi) is 4.57. The zero-order chi connectivity index (χ0) is 19.7. The molecule has 2 N–H and O–H groups in total. The highest BCUT2D eigenvalue weighted by Gasteiger charge is 2.35. The predicted octanol–water partition coefficient (Wildman–Crippen LogP) is 3.39. The normalized spacial score (nSPS) is 15.1. The number of hydrogen-bond acceptors (Lipinski definition) is 4. The van der Waals surface area contributed by atoms with Gasteiger partial charge in [-0.2, -0.15) is 5.10 Å². The maximum atomic E-state index is 12.6. The lowest BCUT2D eigenvalue weighted by atomic mass is 10.1. The first-order chi connectivity index (χ1) is 13.6. The van der Waals surface area contributed by atoms with E-state index in [0.29, 0.717) is 17.3 Å². The quantitative estimate of drug-likeness (QED) is 0.715. The molecule has 1 aliphatic heterocycles. The van der Waals surface area contributed by atoms with Crippen molar-refractivity contribution in [3.05, 3.63) is 60.3 Å². The van der Waals surface area contributed by atoms with Gasteiger partial charge in [-0.25, -0.2) is 4.68 Å². The van der Waals surface area contributed by atoms with E-state index in [1.54, 1.807) is 24.1 Å². The van der Waals surface area contributed by atoms with Crippen LogP contribution in [0.2, 0.25) is 0 Å². The maximum Gasteiger partial charge on any atom is 0.251 e. The van der Waals surface area contributed by atoms with Crippen molar-refractivity contribution in [2.24, 2.45) is 0 Å². The molecule has 0 radical (unpaired) electrons. The fourth-order valence-corrected chi connectivity index (χ4v) is 3.34. The van der Waals surface area contributed by atoms with E-state index in [1.807, 2.05) is 49.4 Å². The van der Waals surface area contributed by atoms with Crippen molar-refractivity contribution < 1.29 is 14.3 Å². The summed E-state index contributed by atoms with van der Waals surface area (Å²) < 4.78 is 6.87. The van der Waals surface area contributed by atoms with E-state index >= 15 is 0 Å². The van der Waals surface area contributed by atoms with Gasteiger partial charge in [0, 0.05) is 5.56 Å². The molecule has 0 saturated carbocycles. The minimum Gasteiger partial charge on any atom is -0.495 e. The number of anilines is 2. The van der Waals surface area contributed by atoms with Gasteiger partial charge in [-0.3, -0.25) is 9.59 Å². The molecule has 0 spiro atoms. The lowest BCUT2D eigenvalue weighted by Crippen LogP contribution is -2.23.